The lowest BCUT2D eigenvalue weighted by molar-refractivity contribution is -0.113. The maximum atomic E-state index is 12.5. The maximum absolute atomic E-state index is 12.5. The van der Waals surface area contributed by atoms with Crippen molar-refractivity contribution in [2.75, 3.05) is 11.1 Å². The summed E-state index contributed by atoms with van der Waals surface area (Å²) in [6, 6.07) is 23.9. The molecule has 1 amide bonds. The summed E-state index contributed by atoms with van der Waals surface area (Å²) in [6.07, 6.45) is 0.889. The van der Waals surface area contributed by atoms with Crippen LogP contribution in [0.3, 0.4) is 0 Å². The number of anilines is 1. The zero-order valence-electron chi connectivity index (χ0n) is 17.1. The molecule has 1 heterocycles. The molecule has 0 fully saturated rings. The van der Waals surface area contributed by atoms with Gasteiger partial charge in [-0.2, -0.15) is 0 Å². The number of amides is 1. The van der Waals surface area contributed by atoms with Crippen LogP contribution in [0.25, 0.3) is 22.3 Å². The fourth-order valence-corrected chi connectivity index (χ4v) is 4.16. The van der Waals surface area contributed by atoms with Gasteiger partial charge >= 0.3 is 0 Å². The maximum Gasteiger partial charge on any atom is 0.234 e. The van der Waals surface area contributed by atoms with Crippen LogP contribution >= 0.6 is 11.8 Å². The van der Waals surface area contributed by atoms with Crippen LogP contribution in [0.5, 0.6) is 0 Å². The van der Waals surface area contributed by atoms with Crippen molar-refractivity contribution in [2.24, 2.45) is 0 Å². The predicted octanol–water partition coefficient (Wildman–Crippen LogP) is 5.90. The summed E-state index contributed by atoms with van der Waals surface area (Å²) in [7, 11) is 0. The van der Waals surface area contributed by atoms with Gasteiger partial charge in [0.05, 0.1) is 11.3 Å². The lowest BCUT2D eigenvalue weighted by Gasteiger charge is -2.11. The van der Waals surface area contributed by atoms with E-state index in [1.165, 1.54) is 17.3 Å². The summed E-state index contributed by atoms with van der Waals surface area (Å²) in [4.78, 5) is 22.2. The Balaban J connectivity index is 1.64. The number of benzene rings is 3. The van der Waals surface area contributed by atoms with E-state index in [4.69, 9.17) is 9.97 Å². The van der Waals surface area contributed by atoms with Crippen LogP contribution in [0, 0.1) is 6.92 Å². The monoisotopic (exact) mass is 413 g/mol. The normalized spacial score (nSPS) is 10.9. The van der Waals surface area contributed by atoms with Gasteiger partial charge in [-0.3, -0.25) is 4.79 Å². The molecule has 0 aliphatic heterocycles. The third-order valence-electron chi connectivity index (χ3n) is 4.83. The van der Waals surface area contributed by atoms with Crippen molar-refractivity contribution in [2.45, 2.75) is 25.3 Å². The highest BCUT2D eigenvalue weighted by Crippen LogP contribution is 2.30. The van der Waals surface area contributed by atoms with E-state index in [0.717, 1.165) is 39.2 Å². The average Bonchev–Trinajstić information content (AvgIpc) is 2.77. The molecule has 0 saturated heterocycles. The molecule has 150 valence electrons. The number of nitrogens with zero attached hydrogens (tertiary/aromatic N) is 2. The highest BCUT2D eigenvalue weighted by Gasteiger charge is 2.14. The zero-order chi connectivity index (χ0) is 20.9. The van der Waals surface area contributed by atoms with E-state index in [2.05, 4.69) is 18.3 Å². The lowest BCUT2D eigenvalue weighted by Crippen LogP contribution is -2.14. The van der Waals surface area contributed by atoms with Gasteiger partial charge in [0.15, 0.2) is 5.82 Å². The Morgan fingerprint density at radius 3 is 2.53 bits per heavy atom. The molecule has 5 heteroatoms. The second-order valence-electron chi connectivity index (χ2n) is 7.09. The van der Waals surface area contributed by atoms with Crippen LogP contribution in [0.15, 0.2) is 77.8 Å². The minimum atomic E-state index is -0.0507. The van der Waals surface area contributed by atoms with Gasteiger partial charge in [-0.1, -0.05) is 79.3 Å². The van der Waals surface area contributed by atoms with Crippen LogP contribution in [-0.2, 0) is 11.2 Å². The minimum Gasteiger partial charge on any atom is -0.325 e. The van der Waals surface area contributed by atoms with Gasteiger partial charge in [-0.25, -0.2) is 9.97 Å². The molecule has 0 bridgehead atoms. The van der Waals surface area contributed by atoms with Crippen molar-refractivity contribution in [3.63, 3.8) is 0 Å². The summed E-state index contributed by atoms with van der Waals surface area (Å²) in [5.41, 5.74) is 5.03. The van der Waals surface area contributed by atoms with Crippen molar-refractivity contribution in [3.05, 3.63) is 83.9 Å². The molecule has 30 heavy (non-hydrogen) atoms. The van der Waals surface area contributed by atoms with Gasteiger partial charge in [0, 0.05) is 16.6 Å². The van der Waals surface area contributed by atoms with E-state index in [9.17, 15) is 4.79 Å². The topological polar surface area (TPSA) is 54.9 Å². The summed E-state index contributed by atoms with van der Waals surface area (Å²) >= 11 is 1.45. The van der Waals surface area contributed by atoms with E-state index in [0.29, 0.717) is 5.82 Å². The Morgan fingerprint density at radius 1 is 0.967 bits per heavy atom. The SMILES string of the molecule is CCc1cccc2c(SCC(=O)Nc3cccc(C)c3)nc(-c3ccccc3)nc12. The summed E-state index contributed by atoms with van der Waals surface area (Å²) in [6.45, 7) is 4.13. The quantitative estimate of drug-likeness (QED) is 0.316. The second-order valence-corrected chi connectivity index (χ2v) is 8.06. The molecular weight excluding hydrogens is 390 g/mol. The van der Waals surface area contributed by atoms with Crippen molar-refractivity contribution >= 4 is 34.3 Å². The van der Waals surface area contributed by atoms with Crippen molar-refractivity contribution in [3.8, 4) is 11.4 Å². The third-order valence-corrected chi connectivity index (χ3v) is 5.82. The molecule has 1 N–H and O–H groups in total. The molecule has 0 aliphatic rings. The molecule has 0 aliphatic carbocycles. The summed E-state index contributed by atoms with van der Waals surface area (Å²) in [5.74, 6) is 0.917. The fraction of sp³-hybridized carbons (Fsp3) is 0.160. The first-order valence-electron chi connectivity index (χ1n) is 9.98. The Kier molecular flexibility index (Phi) is 6.10. The van der Waals surface area contributed by atoms with Crippen LogP contribution in [0.1, 0.15) is 18.1 Å². The van der Waals surface area contributed by atoms with E-state index in [-0.39, 0.29) is 11.7 Å². The average molecular weight is 414 g/mol. The molecule has 3 aromatic carbocycles. The van der Waals surface area contributed by atoms with E-state index in [1.807, 2.05) is 73.7 Å². The molecular formula is C25H23N3OS. The Labute approximate surface area is 180 Å². The predicted molar refractivity (Wildman–Crippen MR) is 125 cm³/mol. The van der Waals surface area contributed by atoms with Gasteiger partial charge in [0.25, 0.3) is 0 Å². The molecule has 4 aromatic rings. The fourth-order valence-electron chi connectivity index (χ4n) is 3.35. The van der Waals surface area contributed by atoms with Crippen molar-refractivity contribution in [1.82, 2.24) is 9.97 Å². The number of hydrogen-bond donors (Lipinski definition) is 1. The molecule has 0 unspecified atom stereocenters. The highest BCUT2D eigenvalue weighted by atomic mass is 32.2. The molecule has 4 rings (SSSR count). The Morgan fingerprint density at radius 2 is 1.77 bits per heavy atom. The second kappa shape index (κ2) is 9.09. The van der Waals surface area contributed by atoms with Crippen molar-refractivity contribution < 1.29 is 4.79 Å². The van der Waals surface area contributed by atoms with Crippen molar-refractivity contribution in [1.29, 1.82) is 0 Å². The van der Waals surface area contributed by atoms with Crippen LogP contribution in [0.2, 0.25) is 0 Å². The van der Waals surface area contributed by atoms with Crippen LogP contribution < -0.4 is 5.32 Å². The van der Waals surface area contributed by atoms with Gasteiger partial charge in [0.1, 0.15) is 5.03 Å². The molecule has 0 radical (unpaired) electrons. The molecule has 4 nitrogen and oxygen atoms in total. The summed E-state index contributed by atoms with van der Waals surface area (Å²) in [5, 5.41) is 4.78. The Hall–Kier alpha value is -3.18. The summed E-state index contributed by atoms with van der Waals surface area (Å²) < 4.78 is 0. The molecule has 0 atom stereocenters. The first kappa shape index (κ1) is 20.1. The minimum absolute atomic E-state index is 0.0507. The zero-order valence-corrected chi connectivity index (χ0v) is 17.9. The highest BCUT2D eigenvalue weighted by molar-refractivity contribution is 8.00. The number of thioether (sulfide) groups is 1. The van der Waals surface area contributed by atoms with Crippen LogP contribution in [-0.4, -0.2) is 21.6 Å². The van der Waals surface area contributed by atoms with E-state index < -0.39 is 0 Å². The number of carbonyl (C=O) groups is 1. The molecule has 0 saturated carbocycles. The third kappa shape index (κ3) is 4.52. The molecule has 1 aromatic heterocycles. The van der Waals surface area contributed by atoms with Gasteiger partial charge in [-0.05, 0) is 36.6 Å². The largest absolute Gasteiger partial charge is 0.325 e. The van der Waals surface area contributed by atoms with E-state index >= 15 is 0 Å². The van der Waals surface area contributed by atoms with Gasteiger partial charge < -0.3 is 5.32 Å². The lowest BCUT2D eigenvalue weighted by atomic mass is 10.1. The number of aromatic nitrogens is 2. The number of aryl methyl sites for hydroxylation is 2. The smallest absolute Gasteiger partial charge is 0.234 e. The number of carbonyl (C=O) groups excluding carboxylic acids is 1. The first-order chi connectivity index (χ1) is 14.6. The number of rotatable bonds is 6. The Bertz CT molecular complexity index is 1190. The number of nitrogens with one attached hydrogen (secondary N) is 1. The van der Waals surface area contributed by atoms with Crippen LogP contribution in [0.4, 0.5) is 5.69 Å². The standard InChI is InChI=1S/C25H23N3OS/c1-3-18-12-8-14-21-23(18)27-24(19-10-5-4-6-11-19)28-25(21)30-16-22(29)26-20-13-7-9-17(2)15-20/h4-15H,3,16H2,1-2H3,(H,26,29). The van der Waals surface area contributed by atoms with Gasteiger partial charge in [-0.15, -0.1) is 0 Å². The number of hydrogen-bond acceptors (Lipinski definition) is 4. The van der Waals surface area contributed by atoms with Gasteiger partial charge in [0.2, 0.25) is 5.91 Å². The first-order valence-corrected chi connectivity index (χ1v) is 11.0. The number of para-hydroxylation sites is 1. The number of fused-ring (bicyclic) bond motifs is 1. The molecule has 0 spiro atoms. The van der Waals surface area contributed by atoms with E-state index in [1.54, 1.807) is 0 Å².